The molecule has 0 saturated carbocycles. The fraction of sp³-hybridized carbons (Fsp3) is 0. The Morgan fingerprint density at radius 3 is 2.08 bits per heavy atom. The fourth-order valence-corrected chi connectivity index (χ4v) is 0.589. The van der Waals surface area contributed by atoms with Crippen molar-refractivity contribution in [2.75, 3.05) is 0 Å². The van der Waals surface area contributed by atoms with E-state index in [0.29, 0.717) is 5.75 Å². The van der Waals surface area contributed by atoms with Crippen molar-refractivity contribution < 1.29 is 23.1 Å². The summed E-state index contributed by atoms with van der Waals surface area (Å²) in [5.74, 6) is 0.343. The summed E-state index contributed by atoms with van der Waals surface area (Å²) in [6.45, 7) is 0. The van der Waals surface area contributed by atoms with Crippen molar-refractivity contribution in [3.05, 3.63) is 30.3 Å². The van der Waals surface area contributed by atoms with Crippen LogP contribution in [0.15, 0.2) is 30.3 Å². The minimum atomic E-state index is -1.29. The van der Waals surface area contributed by atoms with Gasteiger partial charge < -0.3 is 9.84 Å². The third kappa shape index (κ3) is 6.70. The highest BCUT2D eigenvalue weighted by Gasteiger charge is 1.96. The van der Waals surface area contributed by atoms with E-state index in [1.807, 2.05) is 0 Å². The van der Waals surface area contributed by atoms with Crippen LogP contribution >= 0.6 is 0 Å². The van der Waals surface area contributed by atoms with Crippen LogP contribution in [0.2, 0.25) is 0 Å². The topological polar surface area (TPSA) is 80.7 Å². The molecule has 1 rings (SSSR count). The predicted molar refractivity (Wildman–Crippen MR) is 44.0 cm³/mol. The number of carbonyl (C=O) groups is 1. The normalized spacial score (nSPS) is 7.69. The van der Waals surface area contributed by atoms with Gasteiger partial charge in [0, 0.05) is 0 Å². The molecule has 0 amide bonds. The van der Waals surface area contributed by atoms with E-state index in [0.717, 1.165) is 0 Å². The molecule has 0 saturated heterocycles. The average Bonchev–Trinajstić information content (AvgIpc) is 2.06. The molecule has 0 fully saturated rings. The molecule has 13 heavy (non-hydrogen) atoms. The van der Waals surface area contributed by atoms with Crippen LogP contribution in [-0.4, -0.2) is 19.7 Å². The Kier molecular flexibility index (Phi) is 6.08. The van der Waals surface area contributed by atoms with Crippen LogP contribution in [0.4, 0.5) is 4.79 Å². The SMILES string of the molecule is O=C(O)Oc1ccccc1.O=S=O. The highest BCUT2D eigenvalue weighted by molar-refractivity contribution is 7.51. The molecule has 1 aromatic rings. The summed E-state index contributed by atoms with van der Waals surface area (Å²) in [6.07, 6.45) is -1.29. The summed E-state index contributed by atoms with van der Waals surface area (Å²) < 4.78 is 20.9. The van der Waals surface area contributed by atoms with Gasteiger partial charge in [-0.2, -0.15) is 8.42 Å². The lowest BCUT2D eigenvalue weighted by molar-refractivity contribution is 0.144. The highest BCUT2D eigenvalue weighted by Crippen LogP contribution is 2.07. The Bertz CT molecular complexity index is 291. The average molecular weight is 202 g/mol. The molecule has 0 heterocycles. The zero-order valence-electron chi connectivity index (χ0n) is 6.38. The smallest absolute Gasteiger partial charge is 0.449 e. The van der Waals surface area contributed by atoms with Crippen LogP contribution in [0.5, 0.6) is 5.75 Å². The second-order valence-electron chi connectivity index (χ2n) is 1.75. The summed E-state index contributed by atoms with van der Waals surface area (Å²) in [4.78, 5) is 9.95. The van der Waals surface area contributed by atoms with Gasteiger partial charge in [0.1, 0.15) is 5.75 Å². The number of para-hydroxylation sites is 1. The second-order valence-corrected chi connectivity index (χ2v) is 1.89. The van der Waals surface area contributed by atoms with E-state index in [2.05, 4.69) is 4.74 Å². The maximum Gasteiger partial charge on any atom is 0.511 e. The van der Waals surface area contributed by atoms with E-state index >= 15 is 0 Å². The first kappa shape index (κ1) is 11.3. The molecule has 1 N–H and O–H groups in total. The summed E-state index contributed by atoms with van der Waals surface area (Å²) in [5, 5.41) is 8.14. The van der Waals surface area contributed by atoms with Crippen molar-refractivity contribution in [3.63, 3.8) is 0 Å². The van der Waals surface area contributed by atoms with Crippen LogP contribution in [0.3, 0.4) is 0 Å². The van der Waals surface area contributed by atoms with E-state index in [1.54, 1.807) is 30.3 Å². The number of ether oxygens (including phenoxy) is 1. The summed E-state index contributed by atoms with van der Waals surface area (Å²) >= 11 is -0.750. The first-order valence-electron chi connectivity index (χ1n) is 3.08. The number of rotatable bonds is 1. The molecule has 0 aromatic heterocycles. The van der Waals surface area contributed by atoms with Gasteiger partial charge in [-0.25, -0.2) is 4.79 Å². The first-order chi connectivity index (χ1) is 6.20. The maximum absolute atomic E-state index is 9.95. The van der Waals surface area contributed by atoms with Gasteiger partial charge in [0.05, 0.1) is 0 Å². The molecule has 0 bridgehead atoms. The largest absolute Gasteiger partial charge is 0.511 e. The molecule has 0 aliphatic rings. The van der Waals surface area contributed by atoms with Crippen LogP contribution in [0.25, 0.3) is 0 Å². The molecule has 0 atom stereocenters. The first-order valence-corrected chi connectivity index (χ1v) is 3.75. The number of benzene rings is 1. The van der Waals surface area contributed by atoms with E-state index in [9.17, 15) is 4.79 Å². The second kappa shape index (κ2) is 6.99. The molecular weight excluding hydrogens is 196 g/mol. The monoisotopic (exact) mass is 202 g/mol. The zero-order valence-corrected chi connectivity index (χ0v) is 7.19. The van der Waals surface area contributed by atoms with Gasteiger partial charge in [-0.1, -0.05) is 18.2 Å². The highest BCUT2D eigenvalue weighted by atomic mass is 32.1. The summed E-state index contributed by atoms with van der Waals surface area (Å²) in [5.41, 5.74) is 0. The molecule has 0 radical (unpaired) electrons. The van der Waals surface area contributed by atoms with E-state index in [-0.39, 0.29) is 0 Å². The van der Waals surface area contributed by atoms with E-state index in [1.165, 1.54) is 0 Å². The third-order valence-electron chi connectivity index (χ3n) is 0.948. The lowest BCUT2D eigenvalue weighted by atomic mass is 10.3. The molecule has 1 aromatic carbocycles. The van der Waals surface area contributed by atoms with Crippen molar-refractivity contribution in [1.82, 2.24) is 0 Å². The number of hydrogen-bond acceptors (Lipinski definition) is 4. The standard InChI is InChI=1S/C7H6O3.O2S/c8-7(9)10-6-4-2-1-3-5-6;1-3-2/h1-5H,(H,8,9);. The quantitative estimate of drug-likeness (QED) is 0.544. The lowest BCUT2D eigenvalue weighted by Gasteiger charge is -1.95. The van der Waals surface area contributed by atoms with Gasteiger partial charge in [0.15, 0.2) is 0 Å². The minimum absolute atomic E-state index is 0.343. The molecule has 0 aliphatic carbocycles. The Balaban J connectivity index is 0.000000424. The van der Waals surface area contributed by atoms with Crippen molar-refractivity contribution in [1.29, 1.82) is 0 Å². The van der Waals surface area contributed by atoms with Gasteiger partial charge in [-0.05, 0) is 12.1 Å². The van der Waals surface area contributed by atoms with Crippen molar-refractivity contribution in [2.45, 2.75) is 0 Å². The van der Waals surface area contributed by atoms with Crippen LogP contribution in [0.1, 0.15) is 0 Å². The predicted octanol–water partition coefficient (Wildman–Crippen LogP) is 1.07. The molecular formula is C7H6O5S. The van der Waals surface area contributed by atoms with E-state index in [4.69, 9.17) is 13.5 Å². The van der Waals surface area contributed by atoms with Crippen molar-refractivity contribution >= 4 is 17.7 Å². The molecule has 70 valence electrons. The Morgan fingerprint density at radius 2 is 1.69 bits per heavy atom. The molecule has 0 aliphatic heterocycles. The van der Waals surface area contributed by atoms with Gasteiger partial charge in [-0.15, -0.1) is 0 Å². The third-order valence-corrected chi connectivity index (χ3v) is 0.948. The summed E-state index contributed by atoms with van der Waals surface area (Å²) in [7, 11) is 0. The molecule has 0 unspecified atom stereocenters. The van der Waals surface area contributed by atoms with Crippen LogP contribution in [0, 0.1) is 0 Å². The van der Waals surface area contributed by atoms with Gasteiger partial charge in [-0.3, -0.25) is 0 Å². The zero-order chi connectivity index (χ0) is 10.1. The maximum atomic E-state index is 9.95. The Labute approximate surface area is 77.6 Å². The lowest BCUT2D eigenvalue weighted by Crippen LogP contribution is -2.02. The van der Waals surface area contributed by atoms with Crippen molar-refractivity contribution in [3.8, 4) is 5.75 Å². The van der Waals surface area contributed by atoms with Gasteiger partial charge in [0.25, 0.3) is 0 Å². The summed E-state index contributed by atoms with van der Waals surface area (Å²) in [6, 6.07) is 8.35. The van der Waals surface area contributed by atoms with Crippen LogP contribution in [-0.2, 0) is 11.6 Å². The molecule has 6 heteroatoms. The van der Waals surface area contributed by atoms with Crippen molar-refractivity contribution in [2.24, 2.45) is 0 Å². The molecule has 5 nitrogen and oxygen atoms in total. The molecule has 0 spiro atoms. The number of hydrogen-bond donors (Lipinski definition) is 1. The van der Waals surface area contributed by atoms with Gasteiger partial charge in [0.2, 0.25) is 0 Å². The van der Waals surface area contributed by atoms with Crippen LogP contribution < -0.4 is 4.74 Å². The fourth-order valence-electron chi connectivity index (χ4n) is 0.589. The minimum Gasteiger partial charge on any atom is -0.449 e. The Hall–Kier alpha value is -1.69. The van der Waals surface area contributed by atoms with E-state index < -0.39 is 17.7 Å². The number of carboxylic acid groups (broad SMARTS) is 1. The Morgan fingerprint density at radius 1 is 1.23 bits per heavy atom. The van der Waals surface area contributed by atoms with Gasteiger partial charge >= 0.3 is 17.7 Å².